The number of para-hydroxylation sites is 1. The number of hydrogen-bond donors (Lipinski definition) is 1. The van der Waals surface area contributed by atoms with E-state index in [2.05, 4.69) is 33.4 Å². The predicted molar refractivity (Wildman–Crippen MR) is 116 cm³/mol. The van der Waals surface area contributed by atoms with Crippen molar-refractivity contribution in [2.45, 2.75) is 30.8 Å². The summed E-state index contributed by atoms with van der Waals surface area (Å²) >= 11 is 1.43. The topological polar surface area (TPSA) is 63.6 Å². The van der Waals surface area contributed by atoms with Crippen LogP contribution in [0.25, 0.3) is 22.3 Å². The van der Waals surface area contributed by atoms with Gasteiger partial charge in [-0.25, -0.2) is 0 Å². The number of nitrogens with one attached hydrogen (secondary N) is 1. The van der Waals surface area contributed by atoms with Crippen molar-refractivity contribution < 1.29 is 4.79 Å². The van der Waals surface area contributed by atoms with Gasteiger partial charge in [0.2, 0.25) is 0 Å². The van der Waals surface area contributed by atoms with Crippen molar-refractivity contribution in [1.82, 2.24) is 19.7 Å². The van der Waals surface area contributed by atoms with E-state index in [1.165, 1.54) is 42.2 Å². The van der Waals surface area contributed by atoms with E-state index in [1.807, 2.05) is 35.9 Å². The Bertz CT molecular complexity index is 1210. The second-order valence-electron chi connectivity index (χ2n) is 7.52. The molecule has 0 bridgehead atoms. The van der Waals surface area contributed by atoms with E-state index in [0.29, 0.717) is 5.75 Å². The van der Waals surface area contributed by atoms with Crippen molar-refractivity contribution in [2.75, 3.05) is 5.75 Å². The smallest absolute Gasteiger partial charge is 0.191 e. The highest BCUT2D eigenvalue weighted by Crippen LogP contribution is 2.29. The number of H-pyrrole nitrogens is 1. The number of fused-ring (bicyclic) bond motifs is 2. The highest BCUT2D eigenvalue weighted by Gasteiger charge is 2.17. The number of aromatic nitrogens is 4. The third-order valence-electron chi connectivity index (χ3n) is 5.66. The van der Waals surface area contributed by atoms with Crippen LogP contribution >= 0.6 is 11.8 Å². The molecule has 146 valence electrons. The Morgan fingerprint density at radius 3 is 2.83 bits per heavy atom. The van der Waals surface area contributed by atoms with Crippen LogP contribution in [0.15, 0.2) is 53.8 Å². The lowest BCUT2D eigenvalue weighted by Crippen LogP contribution is -2.04. The Morgan fingerprint density at radius 2 is 1.93 bits per heavy atom. The third-order valence-corrected chi connectivity index (χ3v) is 6.68. The molecule has 0 amide bonds. The van der Waals surface area contributed by atoms with Gasteiger partial charge in [-0.3, -0.25) is 4.79 Å². The zero-order chi connectivity index (χ0) is 19.8. The van der Waals surface area contributed by atoms with Gasteiger partial charge in [-0.15, -0.1) is 10.2 Å². The molecule has 0 radical (unpaired) electrons. The maximum absolute atomic E-state index is 12.7. The number of aryl methyl sites for hydroxylation is 2. The zero-order valence-corrected chi connectivity index (χ0v) is 17.1. The van der Waals surface area contributed by atoms with E-state index in [-0.39, 0.29) is 5.78 Å². The van der Waals surface area contributed by atoms with Gasteiger partial charge in [0.15, 0.2) is 16.8 Å². The predicted octanol–water partition coefficient (Wildman–Crippen LogP) is 4.82. The highest BCUT2D eigenvalue weighted by molar-refractivity contribution is 7.99. The minimum Gasteiger partial charge on any atom is -0.360 e. The first kappa shape index (κ1) is 18.2. The number of hydrogen-bond acceptors (Lipinski definition) is 4. The lowest BCUT2D eigenvalue weighted by molar-refractivity contribution is 0.102. The van der Waals surface area contributed by atoms with E-state index in [1.54, 1.807) is 6.20 Å². The normalized spacial score (nSPS) is 13.6. The lowest BCUT2D eigenvalue weighted by Gasteiger charge is -2.16. The standard InChI is InChI=1S/C23H22N4OS/c1-27-22(17-11-10-15-6-2-3-7-16(15)12-17)25-26-23(27)29-14-21(28)19-13-24-20-9-5-4-8-18(19)20/h4-5,8-13,24H,2-3,6-7,14H2,1H3. The molecule has 1 aliphatic carbocycles. The fraction of sp³-hybridized carbons (Fsp3) is 0.261. The van der Waals surface area contributed by atoms with Gasteiger partial charge in [0, 0.05) is 35.3 Å². The van der Waals surface area contributed by atoms with E-state index >= 15 is 0 Å². The Balaban J connectivity index is 1.34. The summed E-state index contributed by atoms with van der Waals surface area (Å²) in [4.78, 5) is 15.9. The molecule has 2 heterocycles. The minimum absolute atomic E-state index is 0.0887. The van der Waals surface area contributed by atoms with E-state index < -0.39 is 0 Å². The van der Waals surface area contributed by atoms with Gasteiger partial charge in [0.1, 0.15) is 0 Å². The summed E-state index contributed by atoms with van der Waals surface area (Å²) in [6.45, 7) is 0. The maximum atomic E-state index is 12.7. The molecule has 4 aromatic rings. The molecule has 0 saturated carbocycles. The van der Waals surface area contributed by atoms with Crippen molar-refractivity contribution in [3.63, 3.8) is 0 Å². The number of aromatic amines is 1. The second-order valence-corrected chi connectivity index (χ2v) is 8.46. The maximum Gasteiger partial charge on any atom is 0.191 e. The first-order valence-corrected chi connectivity index (χ1v) is 10.9. The van der Waals surface area contributed by atoms with E-state index in [9.17, 15) is 4.79 Å². The molecule has 0 atom stereocenters. The average molecular weight is 403 g/mol. The Kier molecular flexibility index (Phi) is 4.72. The Morgan fingerprint density at radius 1 is 1.10 bits per heavy atom. The number of carbonyl (C=O) groups is 1. The summed E-state index contributed by atoms with van der Waals surface area (Å²) in [7, 11) is 1.97. The fourth-order valence-corrected chi connectivity index (χ4v) is 4.87. The van der Waals surface area contributed by atoms with Gasteiger partial charge < -0.3 is 9.55 Å². The fourth-order valence-electron chi connectivity index (χ4n) is 4.07. The van der Waals surface area contributed by atoms with E-state index in [4.69, 9.17) is 0 Å². The average Bonchev–Trinajstić information content (AvgIpc) is 3.35. The van der Waals surface area contributed by atoms with Crippen LogP contribution in [0.1, 0.15) is 34.3 Å². The molecule has 1 aliphatic rings. The molecule has 0 aliphatic heterocycles. The van der Waals surface area contributed by atoms with Crippen LogP contribution in [0.2, 0.25) is 0 Å². The highest BCUT2D eigenvalue weighted by atomic mass is 32.2. The molecule has 1 N–H and O–H groups in total. The van der Waals surface area contributed by atoms with Gasteiger partial charge in [0.05, 0.1) is 5.75 Å². The van der Waals surface area contributed by atoms with Crippen molar-refractivity contribution in [3.05, 3.63) is 65.4 Å². The largest absolute Gasteiger partial charge is 0.360 e. The molecule has 29 heavy (non-hydrogen) atoms. The van der Waals surface area contributed by atoms with E-state index in [0.717, 1.165) is 39.4 Å². The summed E-state index contributed by atoms with van der Waals surface area (Å²) in [6.07, 6.45) is 6.64. The van der Waals surface area contributed by atoms with Crippen molar-refractivity contribution in [3.8, 4) is 11.4 Å². The molecule has 0 saturated heterocycles. The van der Waals surface area contributed by atoms with Gasteiger partial charge in [-0.1, -0.05) is 42.1 Å². The summed E-state index contributed by atoms with van der Waals surface area (Å²) in [5.41, 5.74) is 5.69. The van der Waals surface area contributed by atoms with Crippen LogP contribution in [0.3, 0.4) is 0 Å². The number of rotatable bonds is 5. The van der Waals surface area contributed by atoms with Gasteiger partial charge in [-0.2, -0.15) is 0 Å². The van der Waals surface area contributed by atoms with Crippen molar-refractivity contribution >= 4 is 28.4 Å². The summed E-state index contributed by atoms with van der Waals surface area (Å²) in [5, 5.41) is 10.5. The van der Waals surface area contributed by atoms with Crippen molar-refractivity contribution in [2.24, 2.45) is 7.05 Å². The Hall–Kier alpha value is -2.86. The zero-order valence-electron chi connectivity index (χ0n) is 16.3. The van der Waals surface area contributed by atoms with Crippen LogP contribution in [0, 0.1) is 0 Å². The molecule has 5 nitrogen and oxygen atoms in total. The number of ketones is 1. The van der Waals surface area contributed by atoms with Crippen LogP contribution in [0.4, 0.5) is 0 Å². The quantitative estimate of drug-likeness (QED) is 0.384. The molecule has 2 aromatic carbocycles. The molecule has 5 rings (SSSR count). The van der Waals surface area contributed by atoms with Crippen LogP contribution in [-0.2, 0) is 19.9 Å². The number of benzene rings is 2. The molecule has 0 unspecified atom stereocenters. The van der Waals surface area contributed by atoms with Gasteiger partial charge >= 0.3 is 0 Å². The first-order valence-electron chi connectivity index (χ1n) is 9.94. The number of carbonyl (C=O) groups excluding carboxylic acids is 1. The molecular formula is C23H22N4OS. The number of nitrogens with zero attached hydrogens (tertiary/aromatic N) is 3. The monoisotopic (exact) mass is 402 g/mol. The van der Waals surface area contributed by atoms with Gasteiger partial charge in [-0.05, 0) is 48.9 Å². The second kappa shape index (κ2) is 7.52. The molecular weight excluding hydrogens is 380 g/mol. The summed E-state index contributed by atoms with van der Waals surface area (Å²) in [6, 6.07) is 14.5. The number of thioether (sulfide) groups is 1. The molecule has 0 spiro atoms. The first-order chi connectivity index (χ1) is 14.2. The number of Topliss-reactive ketones (excluding diaryl/α,β-unsaturated/α-hetero) is 1. The van der Waals surface area contributed by atoms with Gasteiger partial charge in [0.25, 0.3) is 0 Å². The van der Waals surface area contributed by atoms with Crippen LogP contribution in [-0.4, -0.2) is 31.3 Å². The summed E-state index contributed by atoms with van der Waals surface area (Å²) < 4.78 is 1.98. The van der Waals surface area contributed by atoms with Crippen LogP contribution in [0.5, 0.6) is 0 Å². The third kappa shape index (κ3) is 3.38. The SMILES string of the molecule is Cn1c(SCC(=O)c2c[nH]c3ccccc23)nnc1-c1ccc2c(c1)CCCC2. The molecule has 2 aromatic heterocycles. The molecule has 0 fully saturated rings. The summed E-state index contributed by atoms with van der Waals surface area (Å²) in [5.74, 6) is 1.27. The van der Waals surface area contributed by atoms with Crippen LogP contribution < -0.4 is 0 Å². The minimum atomic E-state index is 0.0887. The Labute approximate surface area is 173 Å². The molecule has 6 heteroatoms. The lowest BCUT2D eigenvalue weighted by atomic mass is 9.90. The van der Waals surface area contributed by atoms with Crippen molar-refractivity contribution in [1.29, 1.82) is 0 Å².